The fraction of sp³-hybridized carbons (Fsp3) is 0.0870. The SMILES string of the molecule is Cc1cc(C=C2NC(=O)N(c3ccccc3)C2=O)c(C)n1-c1ccc(C#N)cc1. The molecule has 6 heteroatoms. The molecule has 0 spiro atoms. The van der Waals surface area contributed by atoms with Crippen LogP contribution in [-0.4, -0.2) is 16.5 Å². The van der Waals surface area contributed by atoms with E-state index in [4.69, 9.17) is 5.26 Å². The number of amides is 3. The number of aryl methyl sites for hydroxylation is 1. The van der Waals surface area contributed by atoms with Crippen LogP contribution in [0.2, 0.25) is 0 Å². The fourth-order valence-electron chi connectivity index (χ4n) is 3.52. The summed E-state index contributed by atoms with van der Waals surface area (Å²) in [6.45, 7) is 3.92. The van der Waals surface area contributed by atoms with Gasteiger partial charge >= 0.3 is 6.03 Å². The number of nitrogens with one attached hydrogen (secondary N) is 1. The third-order valence-corrected chi connectivity index (χ3v) is 4.92. The number of anilines is 1. The quantitative estimate of drug-likeness (QED) is 0.548. The zero-order valence-corrected chi connectivity index (χ0v) is 16.0. The van der Waals surface area contributed by atoms with Gasteiger partial charge in [-0.3, -0.25) is 4.79 Å². The van der Waals surface area contributed by atoms with Crippen LogP contribution in [0.25, 0.3) is 11.8 Å². The van der Waals surface area contributed by atoms with Gasteiger partial charge in [-0.05, 0) is 68.0 Å². The van der Waals surface area contributed by atoms with Crippen molar-refractivity contribution >= 4 is 23.7 Å². The van der Waals surface area contributed by atoms with E-state index in [1.54, 1.807) is 42.5 Å². The number of imide groups is 1. The molecule has 1 fully saturated rings. The molecule has 0 atom stereocenters. The number of nitrogens with zero attached hydrogens (tertiary/aromatic N) is 3. The van der Waals surface area contributed by atoms with Gasteiger partial charge in [0.05, 0.1) is 17.3 Å². The first-order chi connectivity index (χ1) is 14.0. The van der Waals surface area contributed by atoms with E-state index < -0.39 is 6.03 Å². The van der Waals surface area contributed by atoms with Crippen molar-refractivity contribution < 1.29 is 9.59 Å². The molecule has 1 N–H and O–H groups in total. The van der Waals surface area contributed by atoms with Crippen LogP contribution in [-0.2, 0) is 4.79 Å². The van der Waals surface area contributed by atoms with Gasteiger partial charge in [0.2, 0.25) is 0 Å². The van der Waals surface area contributed by atoms with Crippen molar-refractivity contribution in [2.45, 2.75) is 13.8 Å². The average Bonchev–Trinajstić information content (AvgIpc) is 3.17. The number of hydrogen-bond donors (Lipinski definition) is 1. The van der Waals surface area contributed by atoms with Gasteiger partial charge in [0, 0.05) is 17.1 Å². The molecule has 1 aromatic heterocycles. The van der Waals surface area contributed by atoms with Crippen LogP contribution in [0.4, 0.5) is 10.5 Å². The molecule has 1 aliphatic heterocycles. The van der Waals surface area contributed by atoms with E-state index in [0.717, 1.165) is 27.5 Å². The topological polar surface area (TPSA) is 78.1 Å². The van der Waals surface area contributed by atoms with Crippen LogP contribution in [0.1, 0.15) is 22.5 Å². The fourth-order valence-corrected chi connectivity index (χ4v) is 3.52. The van der Waals surface area contributed by atoms with Gasteiger partial charge in [-0.25, -0.2) is 9.69 Å². The van der Waals surface area contributed by atoms with E-state index in [2.05, 4.69) is 11.4 Å². The molecule has 1 aliphatic rings. The van der Waals surface area contributed by atoms with Crippen molar-refractivity contribution in [3.63, 3.8) is 0 Å². The molecular formula is C23H18N4O2. The van der Waals surface area contributed by atoms with Crippen molar-refractivity contribution in [3.05, 3.63) is 88.9 Å². The first-order valence-electron chi connectivity index (χ1n) is 9.11. The Labute approximate surface area is 168 Å². The summed E-state index contributed by atoms with van der Waals surface area (Å²) in [4.78, 5) is 26.3. The average molecular weight is 382 g/mol. The van der Waals surface area contributed by atoms with E-state index in [9.17, 15) is 9.59 Å². The number of aromatic nitrogens is 1. The maximum absolute atomic E-state index is 12.8. The van der Waals surface area contributed by atoms with Gasteiger partial charge in [0.1, 0.15) is 5.70 Å². The Balaban J connectivity index is 1.70. The second-order valence-corrected chi connectivity index (χ2v) is 6.78. The number of carbonyl (C=O) groups excluding carboxylic acids is 2. The largest absolute Gasteiger partial charge is 0.333 e. The van der Waals surface area contributed by atoms with Crippen molar-refractivity contribution in [2.75, 3.05) is 4.90 Å². The van der Waals surface area contributed by atoms with Gasteiger partial charge < -0.3 is 9.88 Å². The zero-order valence-electron chi connectivity index (χ0n) is 16.0. The van der Waals surface area contributed by atoms with Crippen LogP contribution in [0.3, 0.4) is 0 Å². The summed E-state index contributed by atoms with van der Waals surface area (Å²) in [6.07, 6.45) is 1.70. The van der Waals surface area contributed by atoms with E-state index in [0.29, 0.717) is 11.3 Å². The molecule has 4 rings (SSSR count). The highest BCUT2D eigenvalue weighted by Crippen LogP contribution is 2.26. The van der Waals surface area contributed by atoms with Gasteiger partial charge in [-0.15, -0.1) is 0 Å². The molecule has 142 valence electrons. The smallest absolute Gasteiger partial charge is 0.318 e. The number of rotatable bonds is 3. The zero-order chi connectivity index (χ0) is 20.5. The molecular weight excluding hydrogens is 364 g/mol. The summed E-state index contributed by atoms with van der Waals surface area (Å²) in [5.41, 5.74) is 5.04. The Hall–Kier alpha value is -4.11. The lowest BCUT2D eigenvalue weighted by Crippen LogP contribution is -2.30. The summed E-state index contributed by atoms with van der Waals surface area (Å²) < 4.78 is 2.05. The Morgan fingerprint density at radius 2 is 1.66 bits per heavy atom. The molecule has 0 aliphatic carbocycles. The monoisotopic (exact) mass is 382 g/mol. The molecule has 6 nitrogen and oxygen atoms in total. The number of hydrogen-bond acceptors (Lipinski definition) is 3. The molecule has 29 heavy (non-hydrogen) atoms. The first kappa shape index (κ1) is 18.3. The van der Waals surface area contributed by atoms with Gasteiger partial charge in [0.25, 0.3) is 5.91 Å². The van der Waals surface area contributed by atoms with Crippen LogP contribution in [0, 0.1) is 25.2 Å². The lowest BCUT2D eigenvalue weighted by atomic mass is 10.2. The molecule has 0 bridgehead atoms. The van der Waals surface area contributed by atoms with Gasteiger partial charge in [-0.2, -0.15) is 5.26 Å². The second-order valence-electron chi connectivity index (χ2n) is 6.78. The Morgan fingerprint density at radius 1 is 0.966 bits per heavy atom. The van der Waals surface area contributed by atoms with Gasteiger partial charge in [0.15, 0.2) is 0 Å². The Morgan fingerprint density at radius 3 is 2.31 bits per heavy atom. The lowest BCUT2D eigenvalue weighted by Gasteiger charge is -2.11. The van der Waals surface area contributed by atoms with Crippen molar-refractivity contribution in [1.82, 2.24) is 9.88 Å². The standard InChI is InChI=1S/C23H18N4O2/c1-15-12-18(16(2)26(15)20-10-8-17(14-24)9-11-20)13-21-22(28)27(23(29)25-21)19-6-4-3-5-7-19/h3-13H,1-2H3,(H,25,29). The number of para-hydroxylation sites is 1. The molecule has 0 radical (unpaired) electrons. The first-order valence-corrected chi connectivity index (χ1v) is 9.11. The molecule has 0 saturated carbocycles. The minimum absolute atomic E-state index is 0.235. The predicted molar refractivity (Wildman–Crippen MR) is 110 cm³/mol. The van der Waals surface area contributed by atoms with Crippen LogP contribution in [0.15, 0.2) is 66.4 Å². The summed E-state index contributed by atoms with van der Waals surface area (Å²) in [5.74, 6) is -0.385. The number of carbonyl (C=O) groups is 2. The summed E-state index contributed by atoms with van der Waals surface area (Å²) >= 11 is 0. The minimum atomic E-state index is -0.464. The molecule has 0 unspecified atom stereocenters. The minimum Gasteiger partial charge on any atom is -0.318 e. The highest BCUT2D eigenvalue weighted by atomic mass is 16.2. The summed E-state index contributed by atoms with van der Waals surface area (Å²) in [7, 11) is 0. The third kappa shape index (κ3) is 3.19. The highest BCUT2D eigenvalue weighted by molar-refractivity contribution is 6.28. The highest BCUT2D eigenvalue weighted by Gasteiger charge is 2.34. The van der Waals surface area contributed by atoms with E-state index in [1.165, 1.54) is 0 Å². The second kappa shape index (κ2) is 7.13. The molecule has 2 heterocycles. The maximum atomic E-state index is 12.8. The normalized spacial score (nSPS) is 14.9. The van der Waals surface area contributed by atoms with Gasteiger partial charge in [-0.1, -0.05) is 18.2 Å². The lowest BCUT2D eigenvalue weighted by molar-refractivity contribution is -0.113. The molecule has 3 aromatic rings. The summed E-state index contributed by atoms with van der Waals surface area (Å²) in [5, 5.41) is 11.7. The third-order valence-electron chi connectivity index (χ3n) is 4.92. The Kier molecular flexibility index (Phi) is 4.49. The van der Waals surface area contributed by atoms with Crippen LogP contribution in [0.5, 0.6) is 0 Å². The number of benzene rings is 2. The maximum Gasteiger partial charge on any atom is 0.333 e. The van der Waals surface area contributed by atoms with E-state index in [-0.39, 0.29) is 11.6 Å². The summed E-state index contributed by atoms with van der Waals surface area (Å²) in [6, 6.07) is 19.7. The molecule has 1 saturated heterocycles. The van der Waals surface area contributed by atoms with E-state index >= 15 is 0 Å². The van der Waals surface area contributed by atoms with Crippen molar-refractivity contribution in [1.29, 1.82) is 5.26 Å². The number of urea groups is 1. The van der Waals surface area contributed by atoms with E-state index in [1.807, 2.05) is 42.7 Å². The molecule has 2 aromatic carbocycles. The number of nitriles is 1. The Bertz CT molecular complexity index is 1180. The van der Waals surface area contributed by atoms with Crippen molar-refractivity contribution in [2.24, 2.45) is 0 Å². The van der Waals surface area contributed by atoms with Crippen LogP contribution >= 0.6 is 0 Å². The predicted octanol–water partition coefficient (Wildman–Crippen LogP) is 4.06. The molecule has 3 amide bonds. The van der Waals surface area contributed by atoms with Crippen molar-refractivity contribution in [3.8, 4) is 11.8 Å². The van der Waals surface area contributed by atoms with Crippen LogP contribution < -0.4 is 10.2 Å².